The molecule has 0 spiro atoms. The zero-order chi connectivity index (χ0) is 98.3. The predicted molar refractivity (Wildman–Crippen MR) is 640 cm³/mol. The summed E-state index contributed by atoms with van der Waals surface area (Å²) >= 11 is 7.32. The minimum atomic E-state index is -2.69. The van der Waals surface area contributed by atoms with Crippen LogP contribution in [0.2, 0.25) is 0 Å². The largest absolute Gasteiger partial charge is 0.310 e. The van der Waals surface area contributed by atoms with Crippen molar-refractivity contribution >= 4 is 222 Å². The van der Waals surface area contributed by atoms with E-state index >= 15 is 0 Å². The number of hydrogen-bond donors (Lipinski definition) is 0. The fourth-order valence-electron chi connectivity index (χ4n) is 22.8. The highest BCUT2D eigenvalue weighted by Crippen LogP contribution is 2.53. The van der Waals surface area contributed by atoms with Gasteiger partial charge in [-0.25, -0.2) is 0 Å². The fraction of sp³-hybridized carbons (Fsp3) is 0.0217. The van der Waals surface area contributed by atoms with Gasteiger partial charge >= 0.3 is 0 Å². The summed E-state index contributed by atoms with van der Waals surface area (Å²) in [5, 5.41) is 19.5. The number of aromatic nitrogens is 3. The lowest BCUT2D eigenvalue weighted by atomic mass is 9.82. The van der Waals surface area contributed by atoms with Gasteiger partial charge in [-0.3, -0.25) is 15.0 Å². The van der Waals surface area contributed by atoms with Crippen LogP contribution < -0.4 is 30.5 Å². The van der Waals surface area contributed by atoms with Gasteiger partial charge in [0.05, 0.1) is 30.6 Å². The maximum atomic E-state index is 4.97. The van der Waals surface area contributed by atoms with Crippen molar-refractivity contribution < 1.29 is 0 Å². The highest BCUT2D eigenvalue weighted by Gasteiger charge is 2.42. The summed E-state index contributed by atoms with van der Waals surface area (Å²) in [6.07, 6.45) is 6.11. The van der Waals surface area contributed by atoms with E-state index in [-0.39, 0.29) is 5.41 Å². The molecule has 10 heteroatoms. The van der Waals surface area contributed by atoms with Gasteiger partial charge in [-0.2, -0.15) is 0 Å². The number of hydrogen-bond acceptors (Lipinski definition) is 9. The minimum absolute atomic E-state index is 0.0933. The van der Waals surface area contributed by atoms with Crippen LogP contribution in [0.3, 0.4) is 0 Å². The van der Waals surface area contributed by atoms with Crippen molar-refractivity contribution in [1.29, 1.82) is 0 Å². The molecule has 0 atom stereocenters. The molecule has 0 aliphatic heterocycles. The molecule has 1 aliphatic rings. The molecule has 7 heterocycles. The minimum Gasteiger partial charge on any atom is -0.310 e. The Bertz CT molecular complexity index is 9860. The van der Waals surface area contributed by atoms with E-state index in [9.17, 15) is 0 Å². The van der Waals surface area contributed by atoms with Crippen LogP contribution >= 0.6 is 45.3 Å². The standard InChI is InChI=1S/C57H40N2SSi.C48H34N2S.C33H19NS2/c1-5-16-41(17-6-1)42-28-31-45(32-29-42)59(47-19-15-18-43(38-47)44-30-37-52-54(39-44)58-40-56-57(52)53-26-13-14-27-55(53)60-56)46-33-35-51(36-34-46)61(48-20-7-2-8-21-48,49-22-9-3-10-23-49)50-24-11-4-12-25-50;1-48(2)42-17-8-6-15-38(42)39-26-24-37(29-43(39)48)50(35-22-19-32(20-23-35)31-11-4-3-5-12-31)36-14-10-13-33(27-36)34-21-25-40-44(28-34)49-30-46-47(40)41-16-7-9-18-45(41)51-46;1-3-13-29-24(9-1)25-12-6-11-23(33(25)36-29)22-8-5-7-20(17-22)21-15-16-26-28(18-21)34-19-31-32(26)27-10-2-4-14-30(27)35-31/h1-40H;3-30H,1-2H3;1-19H. The van der Waals surface area contributed by atoms with Crippen molar-refractivity contribution in [2.45, 2.75) is 19.3 Å². The number of nitrogens with zero attached hydrogens (tertiary/aromatic N) is 5. The monoisotopic (exact) mass is 1980 g/mol. The van der Waals surface area contributed by atoms with Gasteiger partial charge in [0.25, 0.3) is 0 Å². The number of anilines is 6. The molecular formula is C138H93N5S4Si. The molecule has 0 unspecified atom stereocenters. The Labute approximate surface area is 875 Å². The van der Waals surface area contributed by atoms with Gasteiger partial charge in [-0.05, 0) is 231 Å². The van der Waals surface area contributed by atoms with Gasteiger partial charge in [0.1, 0.15) is 0 Å². The molecule has 1 aliphatic carbocycles. The topological polar surface area (TPSA) is 45.2 Å². The van der Waals surface area contributed by atoms with E-state index in [0.29, 0.717) is 0 Å². The molecule has 0 amide bonds. The maximum absolute atomic E-state index is 4.97. The first-order valence-corrected chi connectivity index (χ1v) is 55.6. The van der Waals surface area contributed by atoms with Gasteiger partial charge in [0, 0.05) is 141 Å². The number of rotatable bonds is 16. The lowest BCUT2D eigenvalue weighted by Crippen LogP contribution is -2.74. The second-order valence-corrected chi connectivity index (χ2v) is 46.8. The maximum Gasteiger partial charge on any atom is 0.179 e. The summed E-state index contributed by atoms with van der Waals surface area (Å²) in [6.45, 7) is 4.70. The third-order valence-corrected chi connectivity index (χ3v) is 39.2. The molecule has 0 saturated carbocycles. The molecule has 29 rings (SSSR count). The Kier molecular flexibility index (Phi) is 22.7. The van der Waals surface area contributed by atoms with Crippen LogP contribution in [-0.4, -0.2) is 23.0 Å². The van der Waals surface area contributed by atoms with E-state index in [1.165, 1.54) is 184 Å². The molecule has 0 N–H and O–H groups in total. The highest BCUT2D eigenvalue weighted by molar-refractivity contribution is 7.27. The molecule has 21 aromatic carbocycles. The van der Waals surface area contributed by atoms with Gasteiger partial charge in [0.2, 0.25) is 0 Å². The first kappa shape index (κ1) is 89.4. The Balaban J connectivity index is 0.000000113. The molecule has 148 heavy (non-hydrogen) atoms. The van der Waals surface area contributed by atoms with E-state index in [1.807, 2.05) is 63.9 Å². The zero-order valence-corrected chi connectivity index (χ0v) is 85.4. The summed E-state index contributed by atoms with van der Waals surface area (Å²) in [7, 11) is -2.69. The van der Waals surface area contributed by atoms with Gasteiger partial charge in [-0.15, -0.1) is 45.3 Å². The molecule has 5 nitrogen and oxygen atoms in total. The molecular weight excluding hydrogens is 1880 g/mol. The summed E-state index contributed by atoms with van der Waals surface area (Å²) in [4.78, 5) is 19.6. The number of benzene rings is 21. The van der Waals surface area contributed by atoms with E-state index in [1.54, 1.807) is 0 Å². The average Bonchev–Trinajstić information content (AvgIpc) is 1.67. The smallest absolute Gasteiger partial charge is 0.179 e. The molecule has 28 aromatic rings. The van der Waals surface area contributed by atoms with Gasteiger partial charge < -0.3 is 9.80 Å². The highest BCUT2D eigenvalue weighted by atomic mass is 32.1. The lowest BCUT2D eigenvalue weighted by Gasteiger charge is -2.35. The lowest BCUT2D eigenvalue weighted by molar-refractivity contribution is 0.660. The van der Waals surface area contributed by atoms with Crippen LogP contribution in [-0.2, 0) is 5.41 Å². The average molecular weight is 1980 g/mol. The second kappa shape index (κ2) is 37.6. The molecule has 7 aromatic heterocycles. The van der Waals surface area contributed by atoms with Crippen LogP contribution in [0.15, 0.2) is 528 Å². The first-order chi connectivity index (χ1) is 73.1. The van der Waals surface area contributed by atoms with Crippen LogP contribution in [0.25, 0.3) is 191 Å². The SMILES string of the molecule is CC1(C)c2ccccc2-c2ccc(N(c3ccc(-c4ccccc4)cc3)c3cccc(-c4ccc5c(c4)ncc4sc6ccccc6c45)c3)cc21.c1cc(-c2ccc3c(c2)ncc2sc4ccccc4c23)cc(-c2cccc3c2sc2ccccc23)c1.c1ccc(-c2ccc(N(c3ccc([Si](c4ccccc4)(c4ccccc4)c4ccccc4)cc3)c3cccc(-c4ccc5c(c4)ncc4sc6ccccc6c45)c3)cc2)cc1. The predicted octanol–water partition coefficient (Wildman–Crippen LogP) is 36.8. The third kappa shape index (κ3) is 15.9. The Morgan fingerprint density at radius 2 is 0.493 bits per heavy atom. The van der Waals surface area contributed by atoms with Crippen molar-refractivity contribution in [3.63, 3.8) is 0 Å². The van der Waals surface area contributed by atoms with E-state index in [4.69, 9.17) is 15.0 Å². The number of pyridine rings is 3. The summed E-state index contributed by atoms with van der Waals surface area (Å²) in [5.74, 6) is 0. The summed E-state index contributed by atoms with van der Waals surface area (Å²) in [6, 6.07) is 186. The Hall–Kier alpha value is -17.5. The number of fused-ring (bicyclic) bond motifs is 21. The summed E-state index contributed by atoms with van der Waals surface area (Å²) in [5.41, 5.74) is 29.4. The molecule has 0 radical (unpaired) electrons. The molecule has 0 bridgehead atoms. The fourth-order valence-corrected chi connectivity index (χ4v) is 32.0. The van der Waals surface area contributed by atoms with Crippen LogP contribution in [0.1, 0.15) is 25.0 Å². The van der Waals surface area contributed by atoms with Gasteiger partial charge in [-0.1, -0.05) is 402 Å². The normalized spacial score (nSPS) is 12.2. The molecule has 698 valence electrons. The summed E-state index contributed by atoms with van der Waals surface area (Å²) < 4.78 is 10.3. The van der Waals surface area contributed by atoms with E-state index < -0.39 is 8.07 Å². The van der Waals surface area contributed by atoms with Crippen molar-refractivity contribution in [1.82, 2.24) is 15.0 Å². The van der Waals surface area contributed by atoms with Crippen molar-refractivity contribution in [3.8, 4) is 77.9 Å². The zero-order valence-electron chi connectivity index (χ0n) is 81.1. The molecule has 0 fully saturated rings. The second-order valence-electron chi connectivity index (χ2n) is 38.7. The number of thiophene rings is 4. The van der Waals surface area contributed by atoms with E-state index in [2.05, 4.69) is 533 Å². The molecule has 0 saturated heterocycles. The van der Waals surface area contributed by atoms with Crippen LogP contribution in [0, 0.1) is 0 Å². The van der Waals surface area contributed by atoms with E-state index in [0.717, 1.165) is 72.9 Å². The van der Waals surface area contributed by atoms with Crippen molar-refractivity contribution in [2.75, 3.05) is 9.80 Å². The quantitative estimate of drug-likeness (QED) is 0.0713. The van der Waals surface area contributed by atoms with Crippen molar-refractivity contribution in [2.24, 2.45) is 0 Å². The van der Waals surface area contributed by atoms with Crippen LogP contribution in [0.5, 0.6) is 0 Å². The Morgan fingerprint density at radius 3 is 0.953 bits per heavy atom. The van der Waals surface area contributed by atoms with Crippen molar-refractivity contribution in [3.05, 3.63) is 539 Å². The third-order valence-electron chi connectivity index (χ3n) is 29.9. The van der Waals surface area contributed by atoms with Gasteiger partial charge in [0.15, 0.2) is 8.07 Å². The Morgan fingerprint density at radius 1 is 0.189 bits per heavy atom. The first-order valence-electron chi connectivity index (χ1n) is 50.4. The van der Waals surface area contributed by atoms with Crippen LogP contribution in [0.4, 0.5) is 34.1 Å².